The quantitative estimate of drug-likeness (QED) is 0.472. The molecule has 0 aliphatic rings. The van der Waals surface area contributed by atoms with Gasteiger partial charge in [0.15, 0.2) is 0 Å². The van der Waals surface area contributed by atoms with Crippen LogP contribution in [0.2, 0.25) is 0 Å². The highest BCUT2D eigenvalue weighted by atomic mass is 31.2. The molecule has 1 aromatic heterocycles. The van der Waals surface area contributed by atoms with Gasteiger partial charge in [0.25, 0.3) is 0 Å². The number of rotatable bonds is 1. The lowest BCUT2D eigenvalue weighted by Gasteiger charge is -1.82. The average molecular weight is 194 g/mol. The van der Waals surface area contributed by atoms with E-state index in [-0.39, 0.29) is 0 Å². The number of imidazole rings is 1. The van der Waals surface area contributed by atoms with Crippen LogP contribution in [0.3, 0.4) is 0 Å². The molecular weight excluding hydrogens is 183 g/mol. The number of phosphoric acid groups is 1. The number of hydrogen-bond donors (Lipinski definition) is 4. The first-order valence-corrected chi connectivity index (χ1v) is 4.76. The largest absolute Gasteiger partial charge is 0.466 e. The maximum atomic E-state index is 8.88. The van der Waals surface area contributed by atoms with E-state index in [1.54, 1.807) is 6.20 Å². The van der Waals surface area contributed by atoms with E-state index < -0.39 is 7.82 Å². The number of H-pyrrole nitrogens is 1. The highest BCUT2D eigenvalue weighted by molar-refractivity contribution is 7.45. The molecule has 0 spiro atoms. The second-order valence-corrected chi connectivity index (χ2v) is 2.93. The van der Waals surface area contributed by atoms with Crippen LogP contribution < -0.4 is 0 Å². The fourth-order valence-electron chi connectivity index (χ4n) is 0.491. The summed E-state index contributed by atoms with van der Waals surface area (Å²) in [6.07, 6.45) is 4.59. The monoisotopic (exact) mass is 194 g/mol. The molecule has 4 N–H and O–H groups in total. The van der Waals surface area contributed by atoms with Gasteiger partial charge in [-0.1, -0.05) is 6.92 Å². The molecule has 0 aliphatic heterocycles. The summed E-state index contributed by atoms with van der Waals surface area (Å²) >= 11 is 0. The van der Waals surface area contributed by atoms with Crippen molar-refractivity contribution in [2.45, 2.75) is 13.3 Å². The van der Waals surface area contributed by atoms with Crippen LogP contribution in [0.1, 0.15) is 12.7 Å². The van der Waals surface area contributed by atoms with Crippen LogP contribution in [-0.2, 0) is 11.0 Å². The van der Waals surface area contributed by atoms with Crippen molar-refractivity contribution in [3.8, 4) is 0 Å². The molecule has 70 valence electrons. The smallest absolute Gasteiger partial charge is 0.349 e. The first-order chi connectivity index (χ1) is 5.43. The van der Waals surface area contributed by atoms with Crippen LogP contribution in [0.25, 0.3) is 0 Å². The van der Waals surface area contributed by atoms with Gasteiger partial charge in [-0.15, -0.1) is 0 Å². The van der Waals surface area contributed by atoms with Crippen LogP contribution in [0, 0.1) is 0 Å². The summed E-state index contributed by atoms with van der Waals surface area (Å²) in [5.74, 6) is 1.06. The van der Waals surface area contributed by atoms with Crippen LogP contribution in [0.4, 0.5) is 0 Å². The summed E-state index contributed by atoms with van der Waals surface area (Å²) in [6.45, 7) is 2.07. The Hall–Kier alpha value is -0.680. The molecule has 0 amide bonds. The molecular formula is C5H11N2O4P. The summed E-state index contributed by atoms with van der Waals surface area (Å²) in [6, 6.07) is 0. The van der Waals surface area contributed by atoms with Gasteiger partial charge in [-0.05, 0) is 0 Å². The molecule has 0 unspecified atom stereocenters. The maximum absolute atomic E-state index is 8.88. The van der Waals surface area contributed by atoms with Crippen molar-refractivity contribution in [1.29, 1.82) is 0 Å². The molecule has 0 saturated heterocycles. The summed E-state index contributed by atoms with van der Waals surface area (Å²) in [5, 5.41) is 0. The van der Waals surface area contributed by atoms with Gasteiger partial charge in [0.05, 0.1) is 0 Å². The third-order valence-electron chi connectivity index (χ3n) is 0.890. The van der Waals surface area contributed by atoms with Crippen LogP contribution in [-0.4, -0.2) is 24.6 Å². The van der Waals surface area contributed by atoms with Crippen molar-refractivity contribution >= 4 is 7.82 Å². The van der Waals surface area contributed by atoms with E-state index >= 15 is 0 Å². The lowest BCUT2D eigenvalue weighted by molar-refractivity contribution is 0.275. The van der Waals surface area contributed by atoms with Crippen molar-refractivity contribution in [2.24, 2.45) is 0 Å². The Labute approximate surface area is 69.5 Å². The van der Waals surface area contributed by atoms with Crippen molar-refractivity contribution in [3.63, 3.8) is 0 Å². The molecule has 6 nitrogen and oxygen atoms in total. The first kappa shape index (κ1) is 11.3. The Morgan fingerprint density at radius 3 is 2.25 bits per heavy atom. The number of aryl methyl sites for hydroxylation is 1. The van der Waals surface area contributed by atoms with Gasteiger partial charge in [0.2, 0.25) is 0 Å². The van der Waals surface area contributed by atoms with Crippen LogP contribution in [0.15, 0.2) is 12.4 Å². The zero-order valence-electron chi connectivity index (χ0n) is 6.51. The van der Waals surface area contributed by atoms with Crippen LogP contribution >= 0.6 is 7.82 Å². The molecule has 1 heterocycles. The lowest BCUT2D eigenvalue weighted by Crippen LogP contribution is -1.78. The van der Waals surface area contributed by atoms with Crippen LogP contribution in [0.5, 0.6) is 0 Å². The van der Waals surface area contributed by atoms with Gasteiger partial charge in [-0.2, -0.15) is 0 Å². The van der Waals surface area contributed by atoms with E-state index in [0.29, 0.717) is 0 Å². The second-order valence-electron chi connectivity index (χ2n) is 1.90. The molecule has 0 atom stereocenters. The average Bonchev–Trinajstić information content (AvgIpc) is 2.33. The summed E-state index contributed by atoms with van der Waals surface area (Å²) < 4.78 is 8.88. The number of nitrogens with one attached hydrogen (secondary N) is 1. The predicted octanol–water partition coefficient (Wildman–Crippen LogP) is 0.0435. The molecule has 0 bridgehead atoms. The van der Waals surface area contributed by atoms with Crippen molar-refractivity contribution in [1.82, 2.24) is 9.97 Å². The molecule has 7 heteroatoms. The van der Waals surface area contributed by atoms with Gasteiger partial charge in [-0.25, -0.2) is 9.55 Å². The molecule has 0 saturated carbocycles. The van der Waals surface area contributed by atoms with Crippen molar-refractivity contribution < 1.29 is 19.2 Å². The van der Waals surface area contributed by atoms with Gasteiger partial charge in [0.1, 0.15) is 5.82 Å². The number of nitrogens with zero attached hydrogens (tertiary/aromatic N) is 1. The zero-order chi connectivity index (χ0) is 9.61. The van der Waals surface area contributed by atoms with E-state index in [2.05, 4.69) is 16.9 Å². The summed E-state index contributed by atoms with van der Waals surface area (Å²) in [7, 11) is -4.64. The Morgan fingerprint density at radius 2 is 2.08 bits per heavy atom. The minimum absolute atomic E-state index is 0.993. The van der Waals surface area contributed by atoms with Crippen molar-refractivity contribution in [2.75, 3.05) is 0 Å². The fourth-order valence-corrected chi connectivity index (χ4v) is 0.491. The van der Waals surface area contributed by atoms with Gasteiger partial charge >= 0.3 is 7.82 Å². The number of hydrogen-bond acceptors (Lipinski definition) is 2. The zero-order valence-corrected chi connectivity index (χ0v) is 7.40. The topological polar surface area (TPSA) is 106 Å². The Morgan fingerprint density at radius 1 is 1.58 bits per heavy atom. The highest BCUT2D eigenvalue weighted by Crippen LogP contribution is 2.25. The minimum Gasteiger partial charge on any atom is -0.349 e. The van der Waals surface area contributed by atoms with E-state index in [1.165, 1.54) is 0 Å². The number of aromatic nitrogens is 2. The van der Waals surface area contributed by atoms with E-state index in [9.17, 15) is 0 Å². The maximum Gasteiger partial charge on any atom is 0.466 e. The molecule has 0 fully saturated rings. The third kappa shape index (κ3) is 9.32. The first-order valence-electron chi connectivity index (χ1n) is 3.20. The predicted molar refractivity (Wildman–Crippen MR) is 42.2 cm³/mol. The highest BCUT2D eigenvalue weighted by Gasteiger charge is 2.00. The Bertz CT molecular complexity index is 234. The third-order valence-corrected chi connectivity index (χ3v) is 0.890. The van der Waals surface area contributed by atoms with E-state index in [1.807, 2.05) is 6.20 Å². The second kappa shape index (κ2) is 5.05. The Kier molecular flexibility index (Phi) is 4.77. The van der Waals surface area contributed by atoms with E-state index in [4.69, 9.17) is 19.2 Å². The summed E-state index contributed by atoms with van der Waals surface area (Å²) in [4.78, 5) is 28.5. The number of aromatic amines is 1. The molecule has 1 aromatic rings. The summed E-state index contributed by atoms with van der Waals surface area (Å²) in [5.41, 5.74) is 0. The molecule has 0 radical (unpaired) electrons. The Balaban J connectivity index is 0.000000217. The minimum atomic E-state index is -4.64. The molecule has 0 aliphatic carbocycles. The van der Waals surface area contributed by atoms with Gasteiger partial charge < -0.3 is 19.7 Å². The molecule has 0 aromatic carbocycles. The molecule has 1 rings (SSSR count). The van der Waals surface area contributed by atoms with Gasteiger partial charge in [-0.3, -0.25) is 0 Å². The normalized spacial score (nSPS) is 10.3. The standard InChI is InChI=1S/C5H8N2.H3O4P/c1-2-5-6-3-4-7-5;1-5(2,3)4/h3-4H,2H2,1H3,(H,6,7);(H3,1,2,3,4). The van der Waals surface area contributed by atoms with E-state index in [0.717, 1.165) is 12.2 Å². The fraction of sp³-hybridized carbons (Fsp3) is 0.400. The molecule has 12 heavy (non-hydrogen) atoms. The van der Waals surface area contributed by atoms with Gasteiger partial charge in [0, 0.05) is 18.8 Å². The van der Waals surface area contributed by atoms with Crippen molar-refractivity contribution in [3.05, 3.63) is 18.2 Å². The SMILES string of the molecule is CCc1ncc[nH]1.O=P(O)(O)O. The lowest BCUT2D eigenvalue weighted by atomic mass is 10.5.